The van der Waals surface area contributed by atoms with Crippen molar-refractivity contribution in [2.24, 2.45) is 0 Å². The first-order valence-corrected chi connectivity index (χ1v) is 5.72. The lowest BCUT2D eigenvalue weighted by Crippen LogP contribution is -2.48. The second-order valence-corrected chi connectivity index (χ2v) is 4.41. The van der Waals surface area contributed by atoms with Crippen molar-refractivity contribution in [3.05, 3.63) is 29.3 Å². The van der Waals surface area contributed by atoms with E-state index in [-0.39, 0.29) is 25.2 Å². The molecule has 1 atom stereocenters. The van der Waals surface area contributed by atoms with Gasteiger partial charge in [0.05, 0.1) is 19.3 Å². The third-order valence-corrected chi connectivity index (χ3v) is 2.99. The van der Waals surface area contributed by atoms with Crippen LogP contribution in [-0.2, 0) is 9.53 Å². The topological polar surface area (TPSA) is 49.8 Å². The van der Waals surface area contributed by atoms with Crippen LogP contribution < -0.4 is 4.90 Å². The lowest BCUT2D eigenvalue weighted by atomic mass is 10.1. The molecule has 1 amide bonds. The Morgan fingerprint density at radius 1 is 1.47 bits per heavy atom. The van der Waals surface area contributed by atoms with Crippen LogP contribution in [0.3, 0.4) is 0 Å². The fourth-order valence-electron chi connectivity index (χ4n) is 1.98. The molecule has 0 radical (unpaired) electrons. The van der Waals surface area contributed by atoms with Crippen molar-refractivity contribution < 1.29 is 14.6 Å². The summed E-state index contributed by atoms with van der Waals surface area (Å²) >= 11 is 0. The first-order valence-electron chi connectivity index (χ1n) is 5.72. The van der Waals surface area contributed by atoms with E-state index in [1.807, 2.05) is 32.0 Å². The van der Waals surface area contributed by atoms with E-state index in [1.54, 1.807) is 4.90 Å². The predicted molar refractivity (Wildman–Crippen MR) is 65.1 cm³/mol. The highest BCUT2D eigenvalue weighted by Gasteiger charge is 2.27. The monoisotopic (exact) mass is 235 g/mol. The molecule has 4 heteroatoms. The maximum absolute atomic E-state index is 11.8. The van der Waals surface area contributed by atoms with Crippen LogP contribution in [0.5, 0.6) is 0 Å². The number of aliphatic hydroxyl groups is 1. The maximum atomic E-state index is 11.8. The second-order valence-electron chi connectivity index (χ2n) is 4.41. The largest absolute Gasteiger partial charge is 0.394 e. The molecule has 1 aromatic carbocycles. The molecule has 0 aromatic heterocycles. The summed E-state index contributed by atoms with van der Waals surface area (Å²) < 4.78 is 5.22. The molecule has 0 aliphatic carbocycles. The van der Waals surface area contributed by atoms with E-state index in [0.717, 1.165) is 16.8 Å². The average Bonchev–Trinajstić information content (AvgIpc) is 2.33. The zero-order valence-corrected chi connectivity index (χ0v) is 10.1. The standard InChI is InChI=1S/C13H17NO3/c1-9-3-4-10(2)12(5-9)14-6-11(7-15)17-8-13(14)16/h3-5,11,15H,6-8H2,1-2H3. The van der Waals surface area contributed by atoms with Gasteiger partial charge in [0.2, 0.25) is 0 Å². The second kappa shape index (κ2) is 4.85. The molecule has 1 heterocycles. The lowest BCUT2D eigenvalue weighted by molar-refractivity contribution is -0.130. The van der Waals surface area contributed by atoms with E-state index >= 15 is 0 Å². The van der Waals surface area contributed by atoms with E-state index in [0.29, 0.717) is 6.54 Å². The molecule has 0 saturated carbocycles. The van der Waals surface area contributed by atoms with Gasteiger partial charge >= 0.3 is 0 Å². The number of amides is 1. The Balaban J connectivity index is 2.30. The number of hydrogen-bond acceptors (Lipinski definition) is 3. The van der Waals surface area contributed by atoms with Crippen LogP contribution in [-0.4, -0.2) is 36.9 Å². The molecule has 1 saturated heterocycles. The Morgan fingerprint density at radius 2 is 2.24 bits per heavy atom. The predicted octanol–water partition coefficient (Wildman–Crippen LogP) is 1.03. The lowest BCUT2D eigenvalue weighted by Gasteiger charge is -2.33. The van der Waals surface area contributed by atoms with Crippen LogP contribution in [0.15, 0.2) is 18.2 Å². The van der Waals surface area contributed by atoms with E-state index in [2.05, 4.69) is 0 Å². The molecule has 92 valence electrons. The SMILES string of the molecule is Cc1ccc(C)c(N2CC(CO)OCC2=O)c1. The quantitative estimate of drug-likeness (QED) is 0.833. The number of aryl methyl sites for hydroxylation is 2. The highest BCUT2D eigenvalue weighted by Crippen LogP contribution is 2.24. The Morgan fingerprint density at radius 3 is 2.94 bits per heavy atom. The minimum Gasteiger partial charge on any atom is -0.394 e. The van der Waals surface area contributed by atoms with Gasteiger partial charge in [-0.15, -0.1) is 0 Å². The smallest absolute Gasteiger partial charge is 0.253 e. The summed E-state index contributed by atoms with van der Waals surface area (Å²) in [6.45, 7) is 4.37. The summed E-state index contributed by atoms with van der Waals surface area (Å²) in [4.78, 5) is 13.5. The van der Waals surface area contributed by atoms with Gasteiger partial charge in [0, 0.05) is 5.69 Å². The number of nitrogens with zero attached hydrogens (tertiary/aromatic N) is 1. The summed E-state index contributed by atoms with van der Waals surface area (Å²) in [5.74, 6) is -0.0524. The Bertz CT molecular complexity index is 431. The minimum absolute atomic E-state index is 0.0403. The molecule has 1 aromatic rings. The number of hydrogen-bond donors (Lipinski definition) is 1. The Labute approximate surface area is 101 Å². The van der Waals surface area contributed by atoms with E-state index in [1.165, 1.54) is 0 Å². The highest BCUT2D eigenvalue weighted by atomic mass is 16.5. The number of ether oxygens (including phenoxy) is 1. The zero-order chi connectivity index (χ0) is 12.4. The van der Waals surface area contributed by atoms with Crippen molar-refractivity contribution in [3.8, 4) is 0 Å². The number of rotatable bonds is 2. The van der Waals surface area contributed by atoms with Crippen LogP contribution in [0.4, 0.5) is 5.69 Å². The molecule has 17 heavy (non-hydrogen) atoms. The highest BCUT2D eigenvalue weighted by molar-refractivity contribution is 5.95. The molecule has 1 fully saturated rings. The van der Waals surface area contributed by atoms with Gasteiger partial charge in [-0.25, -0.2) is 0 Å². The Kier molecular flexibility index (Phi) is 3.45. The molecule has 1 unspecified atom stereocenters. The molecule has 1 N–H and O–H groups in total. The van der Waals surface area contributed by atoms with Gasteiger partial charge in [-0.05, 0) is 31.0 Å². The third-order valence-electron chi connectivity index (χ3n) is 2.99. The number of benzene rings is 1. The van der Waals surface area contributed by atoms with Gasteiger partial charge in [0.25, 0.3) is 5.91 Å². The molecule has 1 aliphatic heterocycles. The van der Waals surface area contributed by atoms with Crippen molar-refractivity contribution in [2.45, 2.75) is 20.0 Å². The fourth-order valence-corrected chi connectivity index (χ4v) is 1.98. The first kappa shape index (κ1) is 12.1. The summed E-state index contributed by atoms with van der Waals surface area (Å²) in [5, 5.41) is 9.10. The summed E-state index contributed by atoms with van der Waals surface area (Å²) in [6.07, 6.45) is -0.285. The van der Waals surface area contributed by atoms with E-state index in [4.69, 9.17) is 9.84 Å². The number of morpholine rings is 1. The molecule has 0 spiro atoms. The van der Waals surface area contributed by atoms with Gasteiger partial charge in [0.1, 0.15) is 6.61 Å². The number of anilines is 1. The van der Waals surface area contributed by atoms with Gasteiger partial charge in [0.15, 0.2) is 0 Å². The Hall–Kier alpha value is -1.39. The molecule has 1 aliphatic rings. The molecule has 4 nitrogen and oxygen atoms in total. The summed E-state index contributed by atoms with van der Waals surface area (Å²) in [5.41, 5.74) is 3.09. The van der Waals surface area contributed by atoms with Gasteiger partial charge < -0.3 is 14.7 Å². The molecule has 2 rings (SSSR count). The van der Waals surface area contributed by atoms with Crippen molar-refractivity contribution in [3.63, 3.8) is 0 Å². The number of carbonyl (C=O) groups excluding carboxylic acids is 1. The zero-order valence-electron chi connectivity index (χ0n) is 10.1. The van der Waals surface area contributed by atoms with E-state index in [9.17, 15) is 4.79 Å². The van der Waals surface area contributed by atoms with E-state index < -0.39 is 0 Å². The normalized spacial score (nSPS) is 20.8. The van der Waals surface area contributed by atoms with Crippen LogP contribution in [0.25, 0.3) is 0 Å². The third kappa shape index (κ3) is 2.48. The van der Waals surface area contributed by atoms with Gasteiger partial charge in [-0.3, -0.25) is 4.79 Å². The minimum atomic E-state index is -0.285. The number of carbonyl (C=O) groups is 1. The van der Waals surface area contributed by atoms with Gasteiger partial charge in [-0.2, -0.15) is 0 Å². The van der Waals surface area contributed by atoms with Crippen LogP contribution in [0.1, 0.15) is 11.1 Å². The van der Waals surface area contributed by atoms with Crippen molar-refractivity contribution in [1.82, 2.24) is 0 Å². The van der Waals surface area contributed by atoms with Crippen LogP contribution in [0, 0.1) is 13.8 Å². The van der Waals surface area contributed by atoms with Gasteiger partial charge in [-0.1, -0.05) is 12.1 Å². The average molecular weight is 235 g/mol. The molecular formula is C13H17NO3. The van der Waals surface area contributed by atoms with Crippen LogP contribution in [0.2, 0.25) is 0 Å². The number of aliphatic hydroxyl groups excluding tert-OH is 1. The molecule has 0 bridgehead atoms. The summed E-state index contributed by atoms with van der Waals surface area (Å²) in [7, 11) is 0. The maximum Gasteiger partial charge on any atom is 0.253 e. The van der Waals surface area contributed by atoms with Crippen molar-refractivity contribution >= 4 is 11.6 Å². The van der Waals surface area contributed by atoms with Crippen molar-refractivity contribution in [2.75, 3.05) is 24.7 Å². The fraction of sp³-hybridized carbons (Fsp3) is 0.462. The summed E-state index contributed by atoms with van der Waals surface area (Å²) in [6, 6.07) is 6.02. The van der Waals surface area contributed by atoms with Crippen LogP contribution >= 0.6 is 0 Å². The molecular weight excluding hydrogens is 218 g/mol. The first-order chi connectivity index (χ1) is 8.11. The van der Waals surface area contributed by atoms with Crippen molar-refractivity contribution in [1.29, 1.82) is 0 Å².